The first-order chi connectivity index (χ1) is 16.7. The van der Waals surface area contributed by atoms with E-state index in [9.17, 15) is 26.0 Å². The van der Waals surface area contributed by atoms with E-state index in [4.69, 9.17) is 4.74 Å². The minimum atomic E-state index is -3.81. The zero-order valence-corrected chi connectivity index (χ0v) is 20.7. The second kappa shape index (κ2) is 10.7. The quantitative estimate of drug-likeness (QED) is 0.496. The first-order valence-corrected chi connectivity index (χ1v) is 14.1. The van der Waals surface area contributed by atoms with Gasteiger partial charge in [0.1, 0.15) is 5.82 Å². The monoisotopic (exact) mass is 527 g/mol. The zero-order chi connectivity index (χ0) is 25.1. The number of benzene rings is 2. The first kappa shape index (κ1) is 25.7. The molecule has 10 nitrogen and oxygen atoms in total. The molecular formula is C22H28FN4O6S2+. The van der Waals surface area contributed by atoms with E-state index in [0.717, 1.165) is 4.90 Å². The topological polar surface area (TPSA) is 118 Å². The van der Waals surface area contributed by atoms with Gasteiger partial charge in [-0.2, -0.15) is 8.61 Å². The van der Waals surface area contributed by atoms with E-state index in [2.05, 4.69) is 5.32 Å². The Bertz CT molecular complexity index is 1260. The van der Waals surface area contributed by atoms with Crippen LogP contribution in [0.1, 0.15) is 0 Å². The van der Waals surface area contributed by atoms with Crippen LogP contribution in [0, 0.1) is 5.82 Å². The SMILES string of the molecule is O=C(C[NH+]1CCN(S(=O)(=O)c2ccc(S(=O)(=O)N3CCOCC3)cc2)CC1)Nc1cccc(F)c1. The number of carbonyl (C=O) groups excluding carboxylic acids is 1. The number of nitrogens with one attached hydrogen (secondary N) is 2. The van der Waals surface area contributed by atoms with Gasteiger partial charge in [-0.3, -0.25) is 4.79 Å². The number of anilines is 1. The van der Waals surface area contributed by atoms with E-state index < -0.39 is 25.9 Å². The summed E-state index contributed by atoms with van der Waals surface area (Å²) in [5, 5.41) is 2.65. The summed E-state index contributed by atoms with van der Waals surface area (Å²) in [5.41, 5.74) is 0.370. The standard InChI is InChI=1S/C22H27FN4O6S2/c23-18-2-1-3-19(16-18)24-22(28)17-25-8-10-26(11-9-25)34(29,30)20-4-6-21(7-5-20)35(31,32)27-12-14-33-15-13-27/h1-7,16H,8-15,17H2,(H,24,28)/p+1. The van der Waals surface area contributed by atoms with Crippen molar-refractivity contribution in [1.29, 1.82) is 0 Å². The van der Waals surface area contributed by atoms with Crippen molar-refractivity contribution in [3.05, 3.63) is 54.3 Å². The number of carbonyl (C=O) groups is 1. The summed E-state index contributed by atoms with van der Waals surface area (Å²) in [5.74, 6) is -0.723. The Labute approximate surface area is 204 Å². The van der Waals surface area contributed by atoms with Gasteiger partial charge in [0.15, 0.2) is 6.54 Å². The van der Waals surface area contributed by atoms with Gasteiger partial charge >= 0.3 is 0 Å². The smallest absolute Gasteiger partial charge is 0.279 e. The molecule has 2 heterocycles. The second-order valence-electron chi connectivity index (χ2n) is 8.38. The third kappa shape index (κ3) is 6.05. The average molecular weight is 528 g/mol. The number of nitrogens with zero attached hydrogens (tertiary/aromatic N) is 2. The summed E-state index contributed by atoms with van der Waals surface area (Å²) in [6.07, 6.45) is 0. The van der Waals surface area contributed by atoms with Crippen LogP contribution in [-0.2, 0) is 29.6 Å². The maximum Gasteiger partial charge on any atom is 0.279 e. The maximum atomic E-state index is 13.3. The second-order valence-corrected chi connectivity index (χ2v) is 12.3. The van der Waals surface area contributed by atoms with E-state index in [0.29, 0.717) is 32.0 Å². The molecule has 4 rings (SSSR count). The van der Waals surface area contributed by atoms with Crippen LogP contribution >= 0.6 is 0 Å². The molecule has 2 aliphatic rings. The molecule has 0 saturated carbocycles. The number of rotatable bonds is 7. The lowest BCUT2D eigenvalue weighted by Gasteiger charge is -2.31. The zero-order valence-electron chi connectivity index (χ0n) is 19.0. The average Bonchev–Trinajstić information content (AvgIpc) is 2.85. The van der Waals surface area contributed by atoms with Crippen LogP contribution in [0.15, 0.2) is 58.3 Å². The van der Waals surface area contributed by atoms with Gasteiger partial charge in [-0.15, -0.1) is 0 Å². The number of morpholine rings is 1. The Balaban J connectivity index is 1.34. The van der Waals surface area contributed by atoms with Gasteiger partial charge in [-0.25, -0.2) is 21.2 Å². The van der Waals surface area contributed by atoms with Crippen molar-refractivity contribution in [2.24, 2.45) is 0 Å². The highest BCUT2D eigenvalue weighted by atomic mass is 32.2. The molecule has 2 aromatic rings. The number of piperazine rings is 1. The largest absolute Gasteiger partial charge is 0.379 e. The molecule has 0 unspecified atom stereocenters. The van der Waals surface area contributed by atoms with Gasteiger partial charge in [0.2, 0.25) is 20.0 Å². The molecule has 0 aliphatic carbocycles. The third-order valence-corrected chi connectivity index (χ3v) is 9.84. The molecule has 190 valence electrons. The van der Waals surface area contributed by atoms with Crippen LogP contribution in [0.2, 0.25) is 0 Å². The van der Waals surface area contributed by atoms with Gasteiger partial charge in [0, 0.05) is 18.8 Å². The molecule has 0 spiro atoms. The van der Waals surface area contributed by atoms with Crippen LogP contribution in [0.5, 0.6) is 0 Å². The van der Waals surface area contributed by atoms with Crippen LogP contribution in [0.25, 0.3) is 0 Å². The predicted octanol–water partition coefficient (Wildman–Crippen LogP) is -0.625. The maximum absolute atomic E-state index is 13.3. The highest BCUT2D eigenvalue weighted by Crippen LogP contribution is 2.21. The van der Waals surface area contributed by atoms with Gasteiger partial charge in [-0.05, 0) is 42.5 Å². The van der Waals surface area contributed by atoms with Gasteiger partial charge < -0.3 is 15.0 Å². The molecule has 2 fully saturated rings. The highest BCUT2D eigenvalue weighted by Gasteiger charge is 2.32. The van der Waals surface area contributed by atoms with Crippen molar-refractivity contribution in [2.45, 2.75) is 9.79 Å². The fourth-order valence-electron chi connectivity index (χ4n) is 4.09. The van der Waals surface area contributed by atoms with E-state index in [1.165, 1.54) is 51.1 Å². The normalized spacial score (nSPS) is 18.9. The molecule has 2 aromatic carbocycles. The molecule has 0 radical (unpaired) electrons. The van der Waals surface area contributed by atoms with E-state index >= 15 is 0 Å². The van der Waals surface area contributed by atoms with Crippen molar-refractivity contribution in [3.63, 3.8) is 0 Å². The lowest BCUT2D eigenvalue weighted by Crippen LogP contribution is -3.15. The summed E-state index contributed by atoms with van der Waals surface area (Å²) in [4.78, 5) is 13.2. The third-order valence-electron chi connectivity index (χ3n) is 6.02. The molecule has 13 heteroatoms. The van der Waals surface area contributed by atoms with Crippen molar-refractivity contribution in [1.82, 2.24) is 8.61 Å². The summed E-state index contributed by atoms with van der Waals surface area (Å²) in [6, 6.07) is 10.9. The van der Waals surface area contributed by atoms with Crippen molar-refractivity contribution in [2.75, 3.05) is 64.3 Å². The summed E-state index contributed by atoms with van der Waals surface area (Å²) in [7, 11) is -7.52. The molecule has 2 N–H and O–H groups in total. The highest BCUT2D eigenvalue weighted by molar-refractivity contribution is 7.89. The van der Waals surface area contributed by atoms with E-state index in [1.54, 1.807) is 6.07 Å². The first-order valence-electron chi connectivity index (χ1n) is 11.2. The van der Waals surface area contributed by atoms with E-state index in [1.807, 2.05) is 0 Å². The molecule has 1 amide bonds. The lowest BCUT2D eigenvalue weighted by atomic mass is 10.3. The van der Waals surface area contributed by atoms with Crippen molar-refractivity contribution < 1.29 is 35.7 Å². The van der Waals surface area contributed by atoms with Gasteiger partial charge in [-0.1, -0.05) is 6.07 Å². The Morgan fingerprint density at radius 2 is 1.43 bits per heavy atom. The molecule has 35 heavy (non-hydrogen) atoms. The Morgan fingerprint density at radius 3 is 1.97 bits per heavy atom. The van der Waals surface area contributed by atoms with Crippen LogP contribution in [0.4, 0.5) is 10.1 Å². The number of ether oxygens (including phenoxy) is 1. The fraction of sp³-hybridized carbons (Fsp3) is 0.409. The molecule has 2 saturated heterocycles. The van der Waals surface area contributed by atoms with Gasteiger partial charge in [0.05, 0.1) is 49.2 Å². The Kier molecular flexibility index (Phi) is 7.83. The molecule has 2 aliphatic heterocycles. The van der Waals surface area contributed by atoms with Crippen molar-refractivity contribution in [3.8, 4) is 0 Å². The van der Waals surface area contributed by atoms with E-state index in [-0.39, 0.29) is 48.4 Å². The molecule has 0 atom stereocenters. The van der Waals surface area contributed by atoms with Gasteiger partial charge in [0.25, 0.3) is 5.91 Å². The van der Waals surface area contributed by atoms with Crippen LogP contribution in [0.3, 0.4) is 0 Å². The Hall–Kier alpha value is -2.42. The lowest BCUT2D eigenvalue weighted by molar-refractivity contribution is -0.895. The number of hydrogen-bond donors (Lipinski definition) is 2. The number of sulfonamides is 2. The predicted molar refractivity (Wildman–Crippen MR) is 125 cm³/mol. The minimum Gasteiger partial charge on any atom is -0.379 e. The minimum absolute atomic E-state index is 0.0192. The fourth-order valence-corrected chi connectivity index (χ4v) is 6.94. The number of hydrogen-bond acceptors (Lipinski definition) is 6. The molecule has 0 bridgehead atoms. The molecule has 0 aromatic heterocycles. The number of quaternary nitrogens is 1. The summed E-state index contributed by atoms with van der Waals surface area (Å²) >= 11 is 0. The Morgan fingerprint density at radius 1 is 0.886 bits per heavy atom. The summed E-state index contributed by atoms with van der Waals surface area (Å²) in [6.45, 7) is 2.61. The van der Waals surface area contributed by atoms with Crippen molar-refractivity contribution >= 4 is 31.6 Å². The van der Waals surface area contributed by atoms with Crippen LogP contribution < -0.4 is 10.2 Å². The van der Waals surface area contributed by atoms with Crippen LogP contribution in [-0.4, -0.2) is 90.4 Å². The summed E-state index contributed by atoms with van der Waals surface area (Å²) < 4.78 is 72.8. The number of amides is 1. The molecular weight excluding hydrogens is 499 g/mol. The number of halogens is 1.